The summed E-state index contributed by atoms with van der Waals surface area (Å²) in [5, 5.41) is 4.10. The number of hydrogen-bond acceptors (Lipinski definition) is 5. The third-order valence-electron chi connectivity index (χ3n) is 4.32. The van der Waals surface area contributed by atoms with E-state index in [0.717, 1.165) is 16.1 Å². The van der Waals surface area contributed by atoms with Crippen LogP contribution in [0.4, 0.5) is 5.69 Å². The fraction of sp³-hybridized carbons (Fsp3) is 0.211. The van der Waals surface area contributed by atoms with Gasteiger partial charge in [-0.25, -0.2) is 0 Å². The fourth-order valence-electron chi connectivity index (χ4n) is 3.01. The van der Waals surface area contributed by atoms with Crippen LogP contribution in [0.2, 0.25) is 0 Å². The first-order valence-corrected chi connectivity index (χ1v) is 9.30. The third kappa shape index (κ3) is 3.17. The summed E-state index contributed by atoms with van der Waals surface area (Å²) >= 11 is 1.66. The first-order chi connectivity index (χ1) is 12.2. The first-order valence-electron chi connectivity index (χ1n) is 8.08. The molecule has 2 aromatic carbocycles. The van der Waals surface area contributed by atoms with Gasteiger partial charge in [-0.3, -0.25) is 4.79 Å². The molecule has 25 heavy (non-hydrogen) atoms. The SMILES string of the molecule is CSc1cccc(N2CC(c3noc(-c4ccccc4)n3)CC2=O)c1. The number of thioether (sulfide) groups is 1. The molecule has 1 unspecified atom stereocenters. The van der Waals surface area contributed by atoms with Crippen molar-refractivity contribution in [2.24, 2.45) is 0 Å². The molecule has 5 nitrogen and oxygen atoms in total. The average Bonchev–Trinajstić information content (AvgIpc) is 3.29. The van der Waals surface area contributed by atoms with Gasteiger partial charge in [-0.05, 0) is 36.6 Å². The van der Waals surface area contributed by atoms with E-state index in [4.69, 9.17) is 4.52 Å². The highest BCUT2D eigenvalue weighted by Gasteiger charge is 2.34. The third-order valence-corrected chi connectivity index (χ3v) is 5.04. The second-order valence-electron chi connectivity index (χ2n) is 5.93. The highest BCUT2D eigenvalue weighted by molar-refractivity contribution is 7.98. The summed E-state index contributed by atoms with van der Waals surface area (Å²) in [4.78, 5) is 19.9. The Morgan fingerprint density at radius 2 is 2.00 bits per heavy atom. The van der Waals surface area contributed by atoms with E-state index in [-0.39, 0.29) is 11.8 Å². The van der Waals surface area contributed by atoms with Gasteiger partial charge in [-0.1, -0.05) is 29.4 Å². The van der Waals surface area contributed by atoms with Gasteiger partial charge in [-0.15, -0.1) is 11.8 Å². The van der Waals surface area contributed by atoms with Crippen molar-refractivity contribution in [2.45, 2.75) is 17.2 Å². The molecule has 1 aliphatic heterocycles. The van der Waals surface area contributed by atoms with Crippen molar-refractivity contribution in [2.75, 3.05) is 17.7 Å². The minimum atomic E-state index is -0.0494. The van der Waals surface area contributed by atoms with Crippen LogP contribution in [0.3, 0.4) is 0 Å². The zero-order valence-electron chi connectivity index (χ0n) is 13.8. The second kappa shape index (κ2) is 6.72. The standard InChI is InChI=1S/C19H17N3O2S/c1-25-16-9-5-8-15(11-16)22-12-14(10-17(22)23)18-20-19(24-21-18)13-6-3-2-4-7-13/h2-9,11,14H,10,12H2,1H3. The van der Waals surface area contributed by atoms with E-state index in [1.807, 2.05) is 65.8 Å². The van der Waals surface area contributed by atoms with Gasteiger partial charge in [-0.2, -0.15) is 4.98 Å². The van der Waals surface area contributed by atoms with Gasteiger partial charge in [0.05, 0.1) is 0 Å². The van der Waals surface area contributed by atoms with E-state index in [0.29, 0.717) is 24.7 Å². The molecule has 126 valence electrons. The molecule has 1 atom stereocenters. The van der Waals surface area contributed by atoms with Crippen LogP contribution in [-0.2, 0) is 4.79 Å². The molecule has 1 fully saturated rings. The van der Waals surface area contributed by atoms with Gasteiger partial charge in [0.15, 0.2) is 5.82 Å². The van der Waals surface area contributed by atoms with Gasteiger partial charge < -0.3 is 9.42 Å². The first kappa shape index (κ1) is 15.9. The number of carbonyl (C=O) groups is 1. The minimum Gasteiger partial charge on any atom is -0.334 e. The number of aromatic nitrogens is 2. The van der Waals surface area contributed by atoms with Crippen molar-refractivity contribution in [1.29, 1.82) is 0 Å². The fourth-order valence-corrected chi connectivity index (χ4v) is 3.46. The summed E-state index contributed by atoms with van der Waals surface area (Å²) in [5.74, 6) is 1.13. The summed E-state index contributed by atoms with van der Waals surface area (Å²) in [6, 6.07) is 17.7. The monoisotopic (exact) mass is 351 g/mol. The lowest BCUT2D eigenvalue weighted by molar-refractivity contribution is -0.117. The number of nitrogens with zero attached hydrogens (tertiary/aromatic N) is 3. The molecule has 4 rings (SSSR count). The molecule has 1 aliphatic rings. The van der Waals surface area contributed by atoms with Crippen molar-refractivity contribution in [3.63, 3.8) is 0 Å². The van der Waals surface area contributed by atoms with Crippen LogP contribution in [0.1, 0.15) is 18.2 Å². The lowest BCUT2D eigenvalue weighted by atomic mass is 10.1. The number of carbonyl (C=O) groups excluding carboxylic acids is 1. The molecule has 6 heteroatoms. The summed E-state index contributed by atoms with van der Waals surface area (Å²) < 4.78 is 5.38. The number of anilines is 1. The van der Waals surface area contributed by atoms with E-state index in [9.17, 15) is 4.79 Å². The van der Waals surface area contributed by atoms with Crippen LogP contribution < -0.4 is 4.90 Å². The maximum Gasteiger partial charge on any atom is 0.257 e. The van der Waals surface area contributed by atoms with Crippen LogP contribution in [0.5, 0.6) is 0 Å². The molecule has 2 heterocycles. The summed E-state index contributed by atoms with van der Waals surface area (Å²) in [5.41, 5.74) is 1.81. The maximum absolute atomic E-state index is 12.5. The number of rotatable bonds is 4. The molecule has 0 radical (unpaired) electrons. The number of benzene rings is 2. The summed E-state index contributed by atoms with van der Waals surface area (Å²) in [6.45, 7) is 0.574. The summed E-state index contributed by atoms with van der Waals surface area (Å²) in [7, 11) is 0. The molecule has 1 aromatic heterocycles. The molecular weight excluding hydrogens is 334 g/mol. The topological polar surface area (TPSA) is 59.2 Å². The molecule has 1 saturated heterocycles. The molecule has 0 spiro atoms. The molecule has 3 aromatic rings. The van der Waals surface area contributed by atoms with Crippen molar-refractivity contribution in [3.8, 4) is 11.5 Å². The predicted octanol–water partition coefficient (Wildman–Crippen LogP) is 3.98. The molecule has 0 saturated carbocycles. The Balaban J connectivity index is 1.55. The molecule has 0 aliphatic carbocycles. The van der Waals surface area contributed by atoms with Crippen LogP contribution in [0, 0.1) is 0 Å². The van der Waals surface area contributed by atoms with Crippen molar-refractivity contribution < 1.29 is 9.32 Å². The second-order valence-corrected chi connectivity index (χ2v) is 6.81. The normalized spacial score (nSPS) is 17.2. The average molecular weight is 351 g/mol. The van der Waals surface area contributed by atoms with E-state index >= 15 is 0 Å². The highest BCUT2D eigenvalue weighted by Crippen LogP contribution is 2.32. The molecule has 1 amide bonds. The van der Waals surface area contributed by atoms with Crippen LogP contribution in [0.25, 0.3) is 11.5 Å². The van der Waals surface area contributed by atoms with Crippen LogP contribution in [-0.4, -0.2) is 28.8 Å². The van der Waals surface area contributed by atoms with Gasteiger partial charge in [0.25, 0.3) is 5.89 Å². The smallest absolute Gasteiger partial charge is 0.257 e. The zero-order chi connectivity index (χ0) is 17.2. The van der Waals surface area contributed by atoms with Crippen LogP contribution in [0.15, 0.2) is 64.0 Å². The van der Waals surface area contributed by atoms with Crippen molar-refractivity contribution in [3.05, 3.63) is 60.4 Å². The lowest BCUT2D eigenvalue weighted by Crippen LogP contribution is -2.24. The Morgan fingerprint density at radius 3 is 2.80 bits per heavy atom. The van der Waals surface area contributed by atoms with Gasteiger partial charge in [0, 0.05) is 35.0 Å². The molecule has 0 N–H and O–H groups in total. The number of hydrogen-bond donors (Lipinski definition) is 0. The predicted molar refractivity (Wildman–Crippen MR) is 97.7 cm³/mol. The summed E-state index contributed by atoms with van der Waals surface area (Å²) in [6.07, 6.45) is 2.43. The Bertz CT molecular complexity index is 894. The largest absolute Gasteiger partial charge is 0.334 e. The quantitative estimate of drug-likeness (QED) is 0.666. The van der Waals surface area contributed by atoms with Gasteiger partial charge in [0.2, 0.25) is 5.91 Å². The Hall–Kier alpha value is -2.60. The zero-order valence-corrected chi connectivity index (χ0v) is 14.6. The van der Waals surface area contributed by atoms with Gasteiger partial charge in [0.1, 0.15) is 0 Å². The highest BCUT2D eigenvalue weighted by atomic mass is 32.2. The van der Waals surface area contributed by atoms with E-state index in [1.54, 1.807) is 11.8 Å². The van der Waals surface area contributed by atoms with Gasteiger partial charge >= 0.3 is 0 Å². The molecular formula is C19H17N3O2S. The van der Waals surface area contributed by atoms with Crippen molar-refractivity contribution in [1.82, 2.24) is 10.1 Å². The van der Waals surface area contributed by atoms with E-state index in [2.05, 4.69) is 10.1 Å². The maximum atomic E-state index is 12.5. The van der Waals surface area contributed by atoms with E-state index < -0.39 is 0 Å². The van der Waals surface area contributed by atoms with Crippen LogP contribution >= 0.6 is 11.8 Å². The Morgan fingerprint density at radius 1 is 1.16 bits per heavy atom. The van der Waals surface area contributed by atoms with E-state index in [1.165, 1.54) is 0 Å². The number of amides is 1. The lowest BCUT2D eigenvalue weighted by Gasteiger charge is -2.16. The Labute approximate surface area is 150 Å². The van der Waals surface area contributed by atoms with Crippen molar-refractivity contribution >= 4 is 23.4 Å². The molecule has 0 bridgehead atoms. The minimum absolute atomic E-state index is 0.0494. The Kier molecular flexibility index (Phi) is 4.28.